The molecule has 2 atom stereocenters. The molecule has 0 aliphatic heterocycles. The van der Waals surface area contributed by atoms with Gasteiger partial charge in [-0.05, 0) is 47.8 Å². The van der Waals surface area contributed by atoms with E-state index in [4.69, 9.17) is 5.11 Å². The van der Waals surface area contributed by atoms with Gasteiger partial charge in [0.1, 0.15) is 0 Å². The van der Waals surface area contributed by atoms with Crippen molar-refractivity contribution in [3.8, 4) is 0 Å². The molecule has 1 aliphatic rings. The van der Waals surface area contributed by atoms with Crippen molar-refractivity contribution < 1.29 is 9.90 Å². The van der Waals surface area contributed by atoms with Gasteiger partial charge in [-0.15, -0.1) is 0 Å². The number of carboxylic acid groups (broad SMARTS) is 1. The number of carboxylic acids is 1. The minimum absolute atomic E-state index is 0.254. The van der Waals surface area contributed by atoms with Gasteiger partial charge >= 0.3 is 5.97 Å². The van der Waals surface area contributed by atoms with Crippen LogP contribution in [0, 0.1) is 5.92 Å². The Morgan fingerprint density at radius 2 is 1.76 bits per heavy atom. The molecule has 1 N–H and O–H groups in total. The molecule has 0 bridgehead atoms. The van der Waals surface area contributed by atoms with E-state index in [9.17, 15) is 4.79 Å². The van der Waals surface area contributed by atoms with Gasteiger partial charge in [0.05, 0.1) is 0 Å². The molecule has 21 heavy (non-hydrogen) atoms. The van der Waals surface area contributed by atoms with E-state index < -0.39 is 5.97 Å². The fourth-order valence-electron chi connectivity index (χ4n) is 3.56. The van der Waals surface area contributed by atoms with Crippen molar-refractivity contribution in [1.29, 1.82) is 0 Å². The first-order chi connectivity index (χ1) is 10.2. The average Bonchev–Trinajstić information content (AvgIpc) is 2.83. The highest BCUT2D eigenvalue weighted by atomic mass is 16.4. The maximum absolute atomic E-state index is 10.9. The van der Waals surface area contributed by atoms with Crippen molar-refractivity contribution in [3.05, 3.63) is 71.3 Å². The lowest BCUT2D eigenvalue weighted by Crippen LogP contribution is -2.13. The first-order valence-corrected chi connectivity index (χ1v) is 7.57. The van der Waals surface area contributed by atoms with Crippen LogP contribution >= 0.6 is 0 Å². The topological polar surface area (TPSA) is 37.3 Å². The monoisotopic (exact) mass is 280 g/mol. The van der Waals surface area contributed by atoms with Crippen LogP contribution in [-0.4, -0.2) is 11.1 Å². The molecule has 3 rings (SSSR count). The van der Waals surface area contributed by atoms with Crippen LogP contribution in [-0.2, 0) is 17.6 Å². The lowest BCUT2D eigenvalue weighted by atomic mass is 9.84. The Labute approximate surface area is 125 Å². The largest absolute Gasteiger partial charge is 0.481 e. The Morgan fingerprint density at radius 1 is 1.05 bits per heavy atom. The summed E-state index contributed by atoms with van der Waals surface area (Å²) in [5, 5.41) is 9.00. The molecule has 0 spiro atoms. The summed E-state index contributed by atoms with van der Waals surface area (Å²) >= 11 is 0. The van der Waals surface area contributed by atoms with Crippen LogP contribution in [0.15, 0.2) is 54.6 Å². The van der Waals surface area contributed by atoms with Crippen LogP contribution in [0.2, 0.25) is 0 Å². The zero-order chi connectivity index (χ0) is 14.7. The highest BCUT2D eigenvalue weighted by Gasteiger charge is 2.32. The van der Waals surface area contributed by atoms with Gasteiger partial charge in [-0.25, -0.2) is 0 Å². The minimum atomic E-state index is -0.696. The molecule has 2 aromatic rings. The molecule has 2 aromatic carbocycles. The Kier molecular flexibility index (Phi) is 4.05. The van der Waals surface area contributed by atoms with Crippen LogP contribution in [0.5, 0.6) is 0 Å². The number of hydrogen-bond donors (Lipinski definition) is 1. The van der Waals surface area contributed by atoms with E-state index in [-0.39, 0.29) is 6.42 Å². The number of benzene rings is 2. The molecule has 0 heterocycles. The van der Waals surface area contributed by atoms with Gasteiger partial charge in [-0.3, -0.25) is 4.79 Å². The second-order valence-electron chi connectivity index (χ2n) is 5.89. The Hall–Kier alpha value is -2.09. The molecule has 0 aromatic heterocycles. The molecule has 108 valence electrons. The van der Waals surface area contributed by atoms with Crippen LogP contribution in [0.1, 0.15) is 35.4 Å². The predicted octanol–water partition coefficient (Wildman–Crippen LogP) is 4.05. The summed E-state index contributed by atoms with van der Waals surface area (Å²) in [7, 11) is 0. The van der Waals surface area contributed by atoms with Gasteiger partial charge in [0.15, 0.2) is 0 Å². The molecule has 0 saturated heterocycles. The lowest BCUT2D eigenvalue weighted by molar-refractivity contribution is -0.137. The number of aliphatic carboxylic acids is 1. The summed E-state index contributed by atoms with van der Waals surface area (Å²) in [6.45, 7) is 0. The summed E-state index contributed by atoms with van der Waals surface area (Å²) in [6.07, 6.45) is 3.09. The second-order valence-corrected chi connectivity index (χ2v) is 5.89. The molecular formula is C19H20O2. The summed E-state index contributed by atoms with van der Waals surface area (Å²) in [6, 6.07) is 19.0. The summed E-state index contributed by atoms with van der Waals surface area (Å²) in [5.41, 5.74) is 4.10. The fourth-order valence-corrected chi connectivity index (χ4v) is 3.56. The number of hydrogen-bond acceptors (Lipinski definition) is 1. The van der Waals surface area contributed by atoms with Crippen molar-refractivity contribution in [2.45, 2.75) is 31.6 Å². The van der Waals surface area contributed by atoms with Crippen molar-refractivity contribution in [2.24, 2.45) is 5.92 Å². The first-order valence-electron chi connectivity index (χ1n) is 7.57. The Morgan fingerprint density at radius 3 is 2.52 bits per heavy atom. The van der Waals surface area contributed by atoms with Crippen molar-refractivity contribution in [3.63, 3.8) is 0 Å². The van der Waals surface area contributed by atoms with Gasteiger partial charge in [0, 0.05) is 6.42 Å². The highest BCUT2D eigenvalue weighted by Crippen LogP contribution is 2.42. The van der Waals surface area contributed by atoms with Crippen LogP contribution in [0.25, 0.3) is 0 Å². The van der Waals surface area contributed by atoms with Crippen LogP contribution in [0.4, 0.5) is 0 Å². The molecule has 0 saturated carbocycles. The summed E-state index contributed by atoms with van der Waals surface area (Å²) < 4.78 is 0. The maximum atomic E-state index is 10.9. The molecule has 2 heteroatoms. The molecule has 2 unspecified atom stereocenters. The molecule has 0 fully saturated rings. The quantitative estimate of drug-likeness (QED) is 0.897. The van der Waals surface area contributed by atoms with E-state index in [0.717, 1.165) is 19.3 Å². The number of fused-ring (bicyclic) bond motifs is 1. The van der Waals surface area contributed by atoms with E-state index in [1.54, 1.807) is 0 Å². The molecule has 0 radical (unpaired) electrons. The zero-order valence-corrected chi connectivity index (χ0v) is 12.0. The van der Waals surface area contributed by atoms with Crippen molar-refractivity contribution in [2.75, 3.05) is 0 Å². The van der Waals surface area contributed by atoms with Gasteiger partial charge in [0.2, 0.25) is 0 Å². The van der Waals surface area contributed by atoms with Crippen molar-refractivity contribution in [1.82, 2.24) is 0 Å². The number of rotatable bonds is 5. The third kappa shape index (κ3) is 3.15. The lowest BCUT2D eigenvalue weighted by Gasteiger charge is -2.20. The highest BCUT2D eigenvalue weighted by molar-refractivity contribution is 5.66. The first kappa shape index (κ1) is 13.9. The SMILES string of the molecule is O=C(O)CCC1c2ccccc2CC1Cc1ccccc1. The van der Waals surface area contributed by atoms with Crippen LogP contribution in [0.3, 0.4) is 0 Å². The zero-order valence-electron chi connectivity index (χ0n) is 12.0. The fraction of sp³-hybridized carbons (Fsp3) is 0.316. The summed E-state index contributed by atoms with van der Waals surface area (Å²) in [5.74, 6) is 0.194. The van der Waals surface area contributed by atoms with Gasteiger partial charge in [-0.2, -0.15) is 0 Å². The van der Waals surface area contributed by atoms with Crippen LogP contribution < -0.4 is 0 Å². The standard InChI is InChI=1S/C19H20O2/c20-19(21)11-10-18-16(12-14-6-2-1-3-7-14)13-15-8-4-5-9-17(15)18/h1-9,16,18H,10-13H2,(H,20,21). The molecule has 2 nitrogen and oxygen atoms in total. The van der Waals surface area contributed by atoms with E-state index in [2.05, 4.69) is 48.5 Å². The van der Waals surface area contributed by atoms with Gasteiger partial charge in [0.25, 0.3) is 0 Å². The Balaban J connectivity index is 1.81. The van der Waals surface area contributed by atoms with Gasteiger partial charge < -0.3 is 5.11 Å². The average molecular weight is 280 g/mol. The maximum Gasteiger partial charge on any atom is 0.303 e. The van der Waals surface area contributed by atoms with E-state index in [1.165, 1.54) is 16.7 Å². The van der Waals surface area contributed by atoms with Crippen molar-refractivity contribution >= 4 is 5.97 Å². The van der Waals surface area contributed by atoms with Gasteiger partial charge in [-0.1, -0.05) is 54.6 Å². The normalized spacial score (nSPS) is 20.2. The summed E-state index contributed by atoms with van der Waals surface area (Å²) in [4.78, 5) is 10.9. The molecule has 0 amide bonds. The third-order valence-electron chi connectivity index (χ3n) is 4.52. The molecule has 1 aliphatic carbocycles. The molecular weight excluding hydrogens is 260 g/mol. The van der Waals surface area contributed by atoms with E-state index in [1.807, 2.05) is 6.07 Å². The van der Waals surface area contributed by atoms with E-state index >= 15 is 0 Å². The second kappa shape index (κ2) is 6.13. The number of carbonyl (C=O) groups is 1. The Bertz CT molecular complexity index is 618. The predicted molar refractivity (Wildman–Crippen MR) is 83.4 cm³/mol. The smallest absolute Gasteiger partial charge is 0.303 e. The minimum Gasteiger partial charge on any atom is -0.481 e. The third-order valence-corrected chi connectivity index (χ3v) is 4.52. The van der Waals surface area contributed by atoms with E-state index in [0.29, 0.717) is 11.8 Å².